The van der Waals surface area contributed by atoms with Gasteiger partial charge in [0.25, 0.3) is 5.91 Å². The Morgan fingerprint density at radius 1 is 1.20 bits per heavy atom. The molecule has 154 valence electrons. The molecule has 1 heterocycles. The lowest BCUT2D eigenvalue weighted by Gasteiger charge is -2.29. The highest BCUT2D eigenvalue weighted by atomic mass is 16.5. The third kappa shape index (κ3) is 5.17. The van der Waals surface area contributed by atoms with Crippen LogP contribution in [0.5, 0.6) is 11.5 Å². The molecular weight excluding hydrogens is 384 g/mol. The normalized spacial score (nSPS) is 12.7. The fourth-order valence-electron chi connectivity index (χ4n) is 3.23. The van der Waals surface area contributed by atoms with Gasteiger partial charge in [0.15, 0.2) is 24.7 Å². The van der Waals surface area contributed by atoms with Gasteiger partial charge >= 0.3 is 5.97 Å². The van der Waals surface area contributed by atoms with Crippen LogP contribution >= 0.6 is 0 Å². The van der Waals surface area contributed by atoms with Crippen molar-refractivity contribution in [2.45, 2.75) is 12.8 Å². The molecule has 0 fully saturated rings. The monoisotopic (exact) mass is 406 g/mol. The van der Waals surface area contributed by atoms with Crippen molar-refractivity contribution in [3.8, 4) is 17.6 Å². The van der Waals surface area contributed by atoms with E-state index in [1.807, 2.05) is 30.3 Å². The Balaban J connectivity index is 1.57. The lowest BCUT2D eigenvalue weighted by molar-refractivity contribution is -0.142. The van der Waals surface area contributed by atoms with Gasteiger partial charge in [0, 0.05) is 18.3 Å². The van der Waals surface area contributed by atoms with Crippen LogP contribution in [0.4, 0.5) is 5.69 Å². The number of methoxy groups -OCH3 is 1. The maximum absolute atomic E-state index is 12.5. The standard InChI is InChI=1S/C23H22N2O5/c1-28-21-15-17(8-10-20(21)29-14-12-24)9-11-23(27)30-16-22(26)25-13-4-6-18-5-2-3-7-19(18)25/h2-3,5,7-11,15H,4,6,13-14,16H2,1H3/b11-9+. The number of rotatable bonds is 7. The van der Waals surface area contributed by atoms with E-state index in [9.17, 15) is 9.59 Å². The molecule has 1 aliphatic rings. The molecule has 3 rings (SSSR count). The Morgan fingerprint density at radius 2 is 2.03 bits per heavy atom. The minimum atomic E-state index is -0.614. The molecule has 0 atom stereocenters. The van der Waals surface area contributed by atoms with Crippen LogP contribution in [-0.4, -0.2) is 38.7 Å². The minimum absolute atomic E-state index is 0.0899. The van der Waals surface area contributed by atoms with Crippen molar-refractivity contribution in [1.82, 2.24) is 0 Å². The predicted molar refractivity (Wildman–Crippen MR) is 111 cm³/mol. The Bertz CT molecular complexity index is 993. The third-order valence-electron chi connectivity index (χ3n) is 4.64. The van der Waals surface area contributed by atoms with Gasteiger partial charge in [0.1, 0.15) is 6.07 Å². The summed E-state index contributed by atoms with van der Waals surface area (Å²) in [4.78, 5) is 26.2. The first-order valence-electron chi connectivity index (χ1n) is 9.53. The van der Waals surface area contributed by atoms with E-state index in [2.05, 4.69) is 0 Å². The van der Waals surface area contributed by atoms with Gasteiger partial charge in [-0.15, -0.1) is 0 Å². The summed E-state index contributed by atoms with van der Waals surface area (Å²) < 4.78 is 15.6. The number of ether oxygens (including phenoxy) is 3. The van der Waals surface area contributed by atoms with E-state index in [-0.39, 0.29) is 19.1 Å². The predicted octanol–water partition coefficient (Wildman–Crippen LogP) is 3.13. The summed E-state index contributed by atoms with van der Waals surface area (Å²) in [5, 5.41) is 8.61. The SMILES string of the molecule is COc1cc(/C=C/C(=O)OCC(=O)N2CCCc3ccccc32)ccc1OCC#N. The Kier molecular flexibility index (Phi) is 7.06. The lowest BCUT2D eigenvalue weighted by Crippen LogP contribution is -2.38. The second kappa shape index (κ2) is 10.1. The fraction of sp³-hybridized carbons (Fsp3) is 0.261. The van der Waals surface area contributed by atoms with Gasteiger partial charge < -0.3 is 19.1 Å². The van der Waals surface area contributed by atoms with Gasteiger partial charge in [-0.05, 0) is 48.2 Å². The first kappa shape index (κ1) is 20.9. The van der Waals surface area contributed by atoms with E-state index in [1.54, 1.807) is 29.2 Å². The molecule has 1 aliphatic heterocycles. The number of nitrogens with zero attached hydrogens (tertiary/aromatic N) is 2. The molecule has 0 unspecified atom stereocenters. The van der Waals surface area contributed by atoms with Crippen molar-refractivity contribution in [2.24, 2.45) is 0 Å². The zero-order chi connectivity index (χ0) is 21.3. The minimum Gasteiger partial charge on any atom is -0.493 e. The summed E-state index contributed by atoms with van der Waals surface area (Å²) in [6.07, 6.45) is 4.63. The maximum Gasteiger partial charge on any atom is 0.331 e. The molecule has 2 aromatic carbocycles. The molecule has 30 heavy (non-hydrogen) atoms. The quantitative estimate of drug-likeness (QED) is 0.518. The first-order chi connectivity index (χ1) is 14.6. The van der Waals surface area contributed by atoms with Gasteiger partial charge in [-0.1, -0.05) is 24.3 Å². The van der Waals surface area contributed by atoms with Gasteiger partial charge in [0.2, 0.25) is 0 Å². The Hall–Kier alpha value is -3.79. The highest BCUT2D eigenvalue weighted by molar-refractivity contribution is 5.97. The topological polar surface area (TPSA) is 88.9 Å². The van der Waals surface area contributed by atoms with Crippen LogP contribution in [0.2, 0.25) is 0 Å². The molecule has 1 amide bonds. The first-order valence-corrected chi connectivity index (χ1v) is 9.53. The second-order valence-corrected chi connectivity index (χ2v) is 6.58. The fourth-order valence-corrected chi connectivity index (χ4v) is 3.23. The largest absolute Gasteiger partial charge is 0.493 e. The summed E-state index contributed by atoms with van der Waals surface area (Å²) in [6, 6.07) is 14.7. The molecule has 0 N–H and O–H groups in total. The van der Waals surface area contributed by atoms with Crippen molar-refractivity contribution >= 4 is 23.6 Å². The molecule has 0 aromatic heterocycles. The summed E-state index contributed by atoms with van der Waals surface area (Å²) >= 11 is 0. The van der Waals surface area contributed by atoms with E-state index in [4.69, 9.17) is 19.5 Å². The number of anilines is 1. The molecule has 0 bridgehead atoms. The highest BCUT2D eigenvalue weighted by Gasteiger charge is 2.22. The number of para-hydroxylation sites is 1. The number of carbonyl (C=O) groups is 2. The number of benzene rings is 2. The number of hydrogen-bond acceptors (Lipinski definition) is 6. The summed E-state index contributed by atoms with van der Waals surface area (Å²) in [5.41, 5.74) is 2.69. The molecule has 0 radical (unpaired) electrons. The second-order valence-electron chi connectivity index (χ2n) is 6.58. The van der Waals surface area contributed by atoms with Gasteiger partial charge in [-0.25, -0.2) is 4.79 Å². The Labute approximate surface area is 175 Å². The number of aryl methyl sites for hydroxylation is 1. The molecule has 0 aliphatic carbocycles. The maximum atomic E-state index is 12.5. The Morgan fingerprint density at radius 3 is 2.83 bits per heavy atom. The number of hydrogen-bond donors (Lipinski definition) is 0. The van der Waals surface area contributed by atoms with Crippen LogP contribution in [0, 0.1) is 11.3 Å². The van der Waals surface area contributed by atoms with Crippen molar-refractivity contribution < 1.29 is 23.8 Å². The molecular formula is C23H22N2O5. The van der Waals surface area contributed by atoms with Gasteiger partial charge in [-0.3, -0.25) is 4.79 Å². The van der Waals surface area contributed by atoms with Gasteiger partial charge in [0.05, 0.1) is 7.11 Å². The van der Waals surface area contributed by atoms with Crippen LogP contribution in [0.3, 0.4) is 0 Å². The zero-order valence-electron chi connectivity index (χ0n) is 16.7. The molecule has 0 spiro atoms. The van der Waals surface area contributed by atoms with Crippen molar-refractivity contribution in [1.29, 1.82) is 5.26 Å². The van der Waals surface area contributed by atoms with Crippen LogP contribution in [-0.2, 0) is 20.7 Å². The zero-order valence-corrected chi connectivity index (χ0v) is 16.7. The summed E-state index contributed by atoms with van der Waals surface area (Å²) in [6.45, 7) is 0.207. The van der Waals surface area contributed by atoms with Crippen molar-refractivity contribution in [2.75, 3.05) is 31.8 Å². The lowest BCUT2D eigenvalue weighted by atomic mass is 10.0. The van der Waals surface area contributed by atoms with Crippen molar-refractivity contribution in [3.05, 3.63) is 59.7 Å². The van der Waals surface area contributed by atoms with E-state index in [1.165, 1.54) is 13.2 Å². The highest BCUT2D eigenvalue weighted by Crippen LogP contribution is 2.29. The van der Waals surface area contributed by atoms with Crippen molar-refractivity contribution in [3.63, 3.8) is 0 Å². The van der Waals surface area contributed by atoms with E-state index in [0.29, 0.717) is 23.6 Å². The average molecular weight is 406 g/mol. The van der Waals surface area contributed by atoms with Crippen LogP contribution in [0.15, 0.2) is 48.5 Å². The smallest absolute Gasteiger partial charge is 0.331 e. The van der Waals surface area contributed by atoms with E-state index in [0.717, 1.165) is 24.1 Å². The average Bonchev–Trinajstić information content (AvgIpc) is 2.79. The molecule has 7 heteroatoms. The van der Waals surface area contributed by atoms with Crippen LogP contribution in [0.1, 0.15) is 17.5 Å². The van der Waals surface area contributed by atoms with Crippen LogP contribution < -0.4 is 14.4 Å². The molecule has 0 saturated carbocycles. The molecule has 2 aromatic rings. The third-order valence-corrected chi connectivity index (χ3v) is 4.64. The number of fused-ring (bicyclic) bond motifs is 1. The molecule has 7 nitrogen and oxygen atoms in total. The number of esters is 1. The molecule has 0 saturated heterocycles. The number of carbonyl (C=O) groups excluding carboxylic acids is 2. The van der Waals surface area contributed by atoms with E-state index < -0.39 is 5.97 Å². The summed E-state index contributed by atoms with van der Waals surface area (Å²) in [7, 11) is 1.49. The van der Waals surface area contributed by atoms with Crippen LogP contribution in [0.25, 0.3) is 6.08 Å². The number of amides is 1. The van der Waals surface area contributed by atoms with Gasteiger partial charge in [-0.2, -0.15) is 5.26 Å². The van der Waals surface area contributed by atoms with E-state index >= 15 is 0 Å². The number of nitriles is 1. The summed E-state index contributed by atoms with van der Waals surface area (Å²) in [5.74, 6) is 0.0212.